The second-order valence-electron chi connectivity index (χ2n) is 3.52. The van der Waals surface area contributed by atoms with Gasteiger partial charge in [0.05, 0.1) is 0 Å². The number of allylic oxidation sites excluding steroid dienone is 1. The maximum Gasteiger partial charge on any atom is 0.202 e. The summed E-state index contributed by atoms with van der Waals surface area (Å²) in [5.74, 6) is 0.241. The van der Waals surface area contributed by atoms with Crippen LogP contribution in [0.2, 0.25) is 0 Å². The lowest BCUT2D eigenvalue weighted by molar-refractivity contribution is -0.180. The second-order valence-corrected chi connectivity index (χ2v) is 3.52. The van der Waals surface area contributed by atoms with Crippen LogP contribution in [0, 0.1) is 11.8 Å². The largest absolute Gasteiger partial charge is 0.467 e. The highest BCUT2D eigenvalue weighted by atomic mass is 19.1. The molecule has 0 unspecified atom stereocenters. The summed E-state index contributed by atoms with van der Waals surface area (Å²) in [6.45, 7) is 7.42. The monoisotopic (exact) mass is 188 g/mol. The van der Waals surface area contributed by atoms with Gasteiger partial charge in [0.2, 0.25) is 6.29 Å². The van der Waals surface area contributed by atoms with E-state index in [-0.39, 0.29) is 23.9 Å². The van der Waals surface area contributed by atoms with Gasteiger partial charge in [0.1, 0.15) is 5.76 Å². The Hall–Kier alpha value is -0.570. The zero-order valence-electron chi connectivity index (χ0n) is 8.42. The average molecular weight is 188 g/mol. The fraction of sp³-hybridized carbons (Fsp3) is 0.800. The van der Waals surface area contributed by atoms with Crippen molar-refractivity contribution in [2.24, 2.45) is 11.8 Å². The van der Waals surface area contributed by atoms with E-state index in [9.17, 15) is 4.39 Å². The highest BCUT2D eigenvalue weighted by Gasteiger charge is 2.39. The number of rotatable bonds is 2. The minimum Gasteiger partial charge on any atom is -0.467 e. The summed E-state index contributed by atoms with van der Waals surface area (Å²) < 4.78 is 23.8. The van der Waals surface area contributed by atoms with E-state index in [4.69, 9.17) is 9.47 Å². The Kier molecular flexibility index (Phi) is 3.31. The van der Waals surface area contributed by atoms with Crippen molar-refractivity contribution in [3.05, 3.63) is 12.3 Å². The molecule has 1 aliphatic heterocycles. The predicted octanol–water partition coefficient (Wildman–Crippen LogP) is 2.50. The van der Waals surface area contributed by atoms with Crippen LogP contribution >= 0.6 is 0 Å². The number of hydrogen-bond donors (Lipinski definition) is 0. The molecule has 1 rings (SSSR count). The van der Waals surface area contributed by atoms with Gasteiger partial charge in [-0.25, -0.2) is 4.39 Å². The highest BCUT2D eigenvalue weighted by molar-refractivity contribution is 5.01. The van der Waals surface area contributed by atoms with Crippen LogP contribution in [-0.2, 0) is 9.47 Å². The minimum atomic E-state index is -1.06. The molecule has 76 valence electrons. The number of alkyl halides is 1. The van der Waals surface area contributed by atoms with Gasteiger partial charge >= 0.3 is 0 Å². The molecule has 0 saturated carbocycles. The number of ether oxygens (including phenoxy) is 2. The van der Waals surface area contributed by atoms with Crippen LogP contribution in [0.4, 0.5) is 4.39 Å². The molecule has 0 aromatic carbocycles. The normalized spacial score (nSPS) is 40.2. The van der Waals surface area contributed by atoms with Gasteiger partial charge < -0.3 is 9.47 Å². The molecule has 0 amide bonds. The lowest BCUT2D eigenvalue weighted by Crippen LogP contribution is -2.41. The van der Waals surface area contributed by atoms with E-state index in [1.165, 1.54) is 0 Å². The zero-order valence-corrected chi connectivity index (χ0v) is 8.42. The van der Waals surface area contributed by atoms with Gasteiger partial charge in [0.25, 0.3) is 0 Å². The predicted molar refractivity (Wildman–Crippen MR) is 48.9 cm³/mol. The summed E-state index contributed by atoms with van der Waals surface area (Å²) in [6, 6.07) is 0. The van der Waals surface area contributed by atoms with E-state index in [2.05, 4.69) is 6.58 Å². The number of halogens is 1. The quantitative estimate of drug-likeness (QED) is 0.663. The zero-order chi connectivity index (χ0) is 10.0. The van der Waals surface area contributed by atoms with Crippen LogP contribution in [0.1, 0.15) is 20.3 Å². The molecule has 0 aromatic rings. The standard InChI is InChI=1S/C10H17FO2/c1-5-8-6(2)9(11)7(3)13-10(8)12-4/h6,8-10H,3,5H2,1-2,4H3/t6-,8-,9-,10+/m1/s1. The van der Waals surface area contributed by atoms with Gasteiger partial charge in [-0.2, -0.15) is 0 Å². The van der Waals surface area contributed by atoms with Crippen LogP contribution < -0.4 is 0 Å². The molecule has 0 aromatic heterocycles. The Morgan fingerprint density at radius 2 is 2.23 bits per heavy atom. The van der Waals surface area contributed by atoms with E-state index in [1.54, 1.807) is 7.11 Å². The van der Waals surface area contributed by atoms with Crippen LogP contribution in [0.5, 0.6) is 0 Å². The molecule has 0 spiro atoms. The second kappa shape index (κ2) is 4.09. The van der Waals surface area contributed by atoms with Gasteiger partial charge in [-0.3, -0.25) is 0 Å². The van der Waals surface area contributed by atoms with Crippen molar-refractivity contribution in [1.29, 1.82) is 0 Å². The Morgan fingerprint density at radius 3 is 2.69 bits per heavy atom. The maximum absolute atomic E-state index is 13.4. The topological polar surface area (TPSA) is 18.5 Å². The van der Waals surface area contributed by atoms with Crippen LogP contribution in [-0.4, -0.2) is 19.6 Å². The van der Waals surface area contributed by atoms with Crippen molar-refractivity contribution >= 4 is 0 Å². The first-order chi connectivity index (χ1) is 6.11. The molecule has 0 bridgehead atoms. The molecule has 0 N–H and O–H groups in total. The smallest absolute Gasteiger partial charge is 0.202 e. The Balaban J connectivity index is 2.74. The van der Waals surface area contributed by atoms with Gasteiger partial charge in [0, 0.05) is 18.9 Å². The van der Waals surface area contributed by atoms with E-state index in [0.29, 0.717) is 0 Å². The Labute approximate surface area is 78.7 Å². The van der Waals surface area contributed by atoms with Crippen molar-refractivity contribution in [3.8, 4) is 0 Å². The van der Waals surface area contributed by atoms with Gasteiger partial charge in [-0.15, -0.1) is 0 Å². The van der Waals surface area contributed by atoms with E-state index in [1.807, 2.05) is 13.8 Å². The fourth-order valence-electron chi connectivity index (χ4n) is 1.85. The summed E-state index contributed by atoms with van der Waals surface area (Å²) in [5, 5.41) is 0. The van der Waals surface area contributed by atoms with E-state index >= 15 is 0 Å². The first-order valence-electron chi connectivity index (χ1n) is 4.64. The lowest BCUT2D eigenvalue weighted by Gasteiger charge is -2.38. The third-order valence-electron chi connectivity index (χ3n) is 2.77. The molecule has 13 heavy (non-hydrogen) atoms. The molecule has 0 aliphatic carbocycles. The molecular weight excluding hydrogens is 171 g/mol. The first-order valence-corrected chi connectivity index (χ1v) is 4.64. The highest BCUT2D eigenvalue weighted by Crippen LogP contribution is 2.36. The van der Waals surface area contributed by atoms with Crippen molar-refractivity contribution < 1.29 is 13.9 Å². The van der Waals surface area contributed by atoms with Crippen molar-refractivity contribution in [1.82, 2.24) is 0 Å². The van der Waals surface area contributed by atoms with Crippen molar-refractivity contribution in [3.63, 3.8) is 0 Å². The van der Waals surface area contributed by atoms with Gasteiger partial charge in [-0.05, 0) is 6.42 Å². The molecular formula is C10H17FO2. The third kappa shape index (κ3) is 1.85. The van der Waals surface area contributed by atoms with Crippen molar-refractivity contribution in [2.75, 3.05) is 7.11 Å². The summed E-state index contributed by atoms with van der Waals surface area (Å²) in [4.78, 5) is 0. The van der Waals surface area contributed by atoms with Crippen LogP contribution in [0.3, 0.4) is 0 Å². The molecule has 4 atom stereocenters. The summed E-state index contributed by atoms with van der Waals surface area (Å²) in [5.41, 5.74) is 0. The van der Waals surface area contributed by atoms with E-state index in [0.717, 1.165) is 6.42 Å². The molecule has 1 fully saturated rings. The van der Waals surface area contributed by atoms with Crippen LogP contribution in [0.15, 0.2) is 12.3 Å². The molecule has 1 aliphatic rings. The fourth-order valence-corrected chi connectivity index (χ4v) is 1.85. The first kappa shape index (κ1) is 10.5. The molecule has 3 heteroatoms. The molecule has 0 radical (unpaired) electrons. The third-order valence-corrected chi connectivity index (χ3v) is 2.77. The van der Waals surface area contributed by atoms with Crippen LogP contribution in [0.25, 0.3) is 0 Å². The summed E-state index contributed by atoms with van der Waals surface area (Å²) in [7, 11) is 1.58. The molecule has 1 saturated heterocycles. The van der Waals surface area contributed by atoms with E-state index < -0.39 is 6.17 Å². The van der Waals surface area contributed by atoms with Gasteiger partial charge in [0.15, 0.2) is 6.17 Å². The molecule has 2 nitrogen and oxygen atoms in total. The minimum absolute atomic E-state index is 0.0730. The van der Waals surface area contributed by atoms with Crippen molar-refractivity contribution in [2.45, 2.75) is 32.7 Å². The SMILES string of the molecule is C=C1O[C@H](OC)[C@H](CC)[C@@H](C)[C@H]1F. The summed E-state index contributed by atoms with van der Waals surface area (Å²) in [6.07, 6.45) is -0.538. The number of methoxy groups -OCH3 is 1. The Morgan fingerprint density at radius 1 is 1.62 bits per heavy atom. The average Bonchev–Trinajstić information content (AvgIpc) is 2.13. The maximum atomic E-state index is 13.4. The lowest BCUT2D eigenvalue weighted by atomic mass is 9.84. The van der Waals surface area contributed by atoms with Gasteiger partial charge in [-0.1, -0.05) is 20.4 Å². The summed E-state index contributed by atoms with van der Waals surface area (Å²) >= 11 is 0. The number of hydrogen-bond acceptors (Lipinski definition) is 2. The Bertz CT molecular complexity index is 191. The molecule has 1 heterocycles.